The van der Waals surface area contributed by atoms with Crippen molar-refractivity contribution in [3.8, 4) is 21.8 Å². The standard InChI is InChI=1S/C25H23N7O4S/c1-13-4-5-16(22-29-15(3)36-31-22)10-18(13)30-23(34)19-11-27-20-7-6-17(12-32(19)20)21-14(2)28-25(37-21)24(35)26-8-9-33/h4-7,10-12,33H,8-9H2,1-3H3,(H,26,35)(H,30,34). The van der Waals surface area contributed by atoms with Crippen molar-refractivity contribution in [2.24, 2.45) is 0 Å². The van der Waals surface area contributed by atoms with Crippen LogP contribution in [-0.4, -0.2) is 54.6 Å². The number of carbonyl (C=O) groups is 2. The number of thiazole rings is 1. The number of nitrogens with one attached hydrogen (secondary N) is 2. The van der Waals surface area contributed by atoms with Crippen LogP contribution >= 0.6 is 11.3 Å². The predicted molar refractivity (Wildman–Crippen MR) is 138 cm³/mol. The van der Waals surface area contributed by atoms with E-state index in [1.54, 1.807) is 29.7 Å². The molecule has 0 aliphatic heterocycles. The molecule has 2 amide bonds. The van der Waals surface area contributed by atoms with Crippen LogP contribution in [0.15, 0.2) is 47.2 Å². The third-order valence-corrected chi connectivity index (χ3v) is 6.87. The summed E-state index contributed by atoms with van der Waals surface area (Å²) in [5.41, 5.74) is 4.64. The number of aryl methyl sites for hydroxylation is 3. The first kappa shape index (κ1) is 24.3. The number of pyridine rings is 1. The monoisotopic (exact) mass is 517 g/mol. The summed E-state index contributed by atoms with van der Waals surface area (Å²) in [6, 6.07) is 9.23. The zero-order valence-electron chi connectivity index (χ0n) is 20.3. The molecule has 37 heavy (non-hydrogen) atoms. The van der Waals surface area contributed by atoms with E-state index in [0.29, 0.717) is 39.4 Å². The SMILES string of the molecule is Cc1nc(-c2ccc(C)c(NC(=O)c3cnc4ccc(-c5sc(C(=O)NCCO)nc5C)cn34)c2)no1. The molecule has 1 aromatic carbocycles. The molecular weight excluding hydrogens is 494 g/mol. The molecule has 188 valence electrons. The first-order chi connectivity index (χ1) is 17.8. The molecule has 0 spiro atoms. The quantitative estimate of drug-likeness (QED) is 0.298. The summed E-state index contributed by atoms with van der Waals surface area (Å²) in [7, 11) is 0. The molecule has 0 aliphatic carbocycles. The first-order valence-corrected chi connectivity index (χ1v) is 12.2. The van der Waals surface area contributed by atoms with Gasteiger partial charge in [-0.2, -0.15) is 4.98 Å². The summed E-state index contributed by atoms with van der Waals surface area (Å²) in [6.45, 7) is 5.44. The summed E-state index contributed by atoms with van der Waals surface area (Å²) in [5, 5.41) is 18.8. The van der Waals surface area contributed by atoms with E-state index in [0.717, 1.165) is 21.6 Å². The van der Waals surface area contributed by atoms with Crippen molar-refractivity contribution in [3.63, 3.8) is 0 Å². The fourth-order valence-corrected chi connectivity index (χ4v) is 4.76. The molecule has 11 nitrogen and oxygen atoms in total. The smallest absolute Gasteiger partial charge is 0.280 e. The van der Waals surface area contributed by atoms with Crippen LogP contribution < -0.4 is 10.6 Å². The highest BCUT2D eigenvalue weighted by atomic mass is 32.1. The molecular formula is C25H23N7O4S. The van der Waals surface area contributed by atoms with Crippen molar-refractivity contribution in [1.82, 2.24) is 29.8 Å². The van der Waals surface area contributed by atoms with Gasteiger partial charge in [-0.3, -0.25) is 14.0 Å². The van der Waals surface area contributed by atoms with Gasteiger partial charge in [0.15, 0.2) is 5.01 Å². The number of rotatable bonds is 7. The number of fused-ring (bicyclic) bond motifs is 1. The van der Waals surface area contributed by atoms with Crippen molar-refractivity contribution in [1.29, 1.82) is 0 Å². The number of benzene rings is 1. The van der Waals surface area contributed by atoms with Crippen molar-refractivity contribution in [2.45, 2.75) is 20.8 Å². The van der Waals surface area contributed by atoms with Gasteiger partial charge in [0.2, 0.25) is 11.7 Å². The molecule has 0 saturated carbocycles. The lowest BCUT2D eigenvalue weighted by Gasteiger charge is -2.10. The summed E-state index contributed by atoms with van der Waals surface area (Å²) >= 11 is 1.24. The number of anilines is 1. The molecule has 0 bridgehead atoms. The van der Waals surface area contributed by atoms with Crippen molar-refractivity contribution in [2.75, 3.05) is 18.5 Å². The van der Waals surface area contributed by atoms with Gasteiger partial charge in [-0.15, -0.1) is 11.3 Å². The minimum Gasteiger partial charge on any atom is -0.395 e. The van der Waals surface area contributed by atoms with Crippen LogP contribution in [-0.2, 0) is 0 Å². The second-order valence-corrected chi connectivity index (χ2v) is 9.32. The number of imidazole rings is 1. The number of amides is 2. The fourth-order valence-electron chi connectivity index (χ4n) is 3.79. The average Bonchev–Trinajstić information content (AvgIpc) is 3.61. The van der Waals surface area contributed by atoms with Crippen LogP contribution in [0.25, 0.3) is 27.5 Å². The van der Waals surface area contributed by atoms with E-state index in [9.17, 15) is 9.59 Å². The van der Waals surface area contributed by atoms with E-state index in [4.69, 9.17) is 9.63 Å². The molecule has 0 fully saturated rings. The maximum atomic E-state index is 13.3. The Bertz CT molecular complexity index is 1640. The van der Waals surface area contributed by atoms with Gasteiger partial charge in [0, 0.05) is 36.5 Å². The Hall–Kier alpha value is -4.42. The van der Waals surface area contributed by atoms with Gasteiger partial charge >= 0.3 is 0 Å². The molecule has 0 aliphatic rings. The first-order valence-electron chi connectivity index (χ1n) is 11.4. The summed E-state index contributed by atoms with van der Waals surface area (Å²) in [6.07, 6.45) is 3.32. The second-order valence-electron chi connectivity index (χ2n) is 8.32. The number of aliphatic hydroxyl groups is 1. The highest BCUT2D eigenvalue weighted by molar-refractivity contribution is 7.17. The van der Waals surface area contributed by atoms with E-state index in [2.05, 4.69) is 30.7 Å². The fraction of sp³-hybridized carbons (Fsp3) is 0.200. The molecule has 4 aromatic heterocycles. The van der Waals surface area contributed by atoms with Gasteiger partial charge in [0.25, 0.3) is 11.8 Å². The number of aliphatic hydroxyl groups excluding tert-OH is 1. The molecule has 0 atom stereocenters. The third-order valence-electron chi connectivity index (χ3n) is 5.66. The van der Waals surface area contributed by atoms with E-state index in [1.807, 2.05) is 32.0 Å². The summed E-state index contributed by atoms with van der Waals surface area (Å²) < 4.78 is 6.77. The van der Waals surface area contributed by atoms with Gasteiger partial charge in [-0.1, -0.05) is 17.3 Å². The lowest BCUT2D eigenvalue weighted by molar-refractivity contribution is 0.0943. The number of nitrogens with zero attached hydrogens (tertiary/aromatic N) is 5. The lowest BCUT2D eigenvalue weighted by Crippen LogP contribution is -2.26. The minimum atomic E-state index is -0.342. The van der Waals surface area contributed by atoms with Crippen molar-refractivity contribution in [3.05, 3.63) is 70.6 Å². The minimum absolute atomic E-state index is 0.147. The van der Waals surface area contributed by atoms with Crippen LogP contribution in [0.3, 0.4) is 0 Å². The van der Waals surface area contributed by atoms with Gasteiger partial charge in [0.1, 0.15) is 11.3 Å². The van der Waals surface area contributed by atoms with E-state index in [1.165, 1.54) is 17.5 Å². The molecule has 0 radical (unpaired) electrons. The maximum absolute atomic E-state index is 13.3. The van der Waals surface area contributed by atoms with Crippen LogP contribution in [0.2, 0.25) is 0 Å². The Morgan fingerprint density at radius 2 is 1.89 bits per heavy atom. The molecule has 12 heteroatoms. The van der Waals surface area contributed by atoms with Crippen LogP contribution in [0.5, 0.6) is 0 Å². The van der Waals surface area contributed by atoms with E-state index >= 15 is 0 Å². The third kappa shape index (κ3) is 4.84. The Morgan fingerprint density at radius 1 is 1.08 bits per heavy atom. The van der Waals surface area contributed by atoms with E-state index < -0.39 is 0 Å². The molecule has 4 heterocycles. The Balaban J connectivity index is 1.44. The second kappa shape index (κ2) is 9.91. The molecule has 0 unspecified atom stereocenters. The van der Waals surface area contributed by atoms with Gasteiger partial charge in [0.05, 0.1) is 23.4 Å². The van der Waals surface area contributed by atoms with Gasteiger partial charge in [-0.25, -0.2) is 9.97 Å². The van der Waals surface area contributed by atoms with Crippen LogP contribution in [0.1, 0.15) is 37.4 Å². The molecule has 0 saturated heterocycles. The highest BCUT2D eigenvalue weighted by Crippen LogP contribution is 2.31. The van der Waals surface area contributed by atoms with Crippen molar-refractivity contribution < 1.29 is 19.2 Å². The molecule has 5 rings (SSSR count). The number of hydrogen-bond acceptors (Lipinski definition) is 9. The summed E-state index contributed by atoms with van der Waals surface area (Å²) in [5.74, 6) is 0.221. The Kier molecular flexibility index (Phi) is 6.51. The van der Waals surface area contributed by atoms with Gasteiger partial charge in [-0.05, 0) is 37.6 Å². The molecule has 5 aromatic rings. The number of hydrogen-bond donors (Lipinski definition) is 3. The maximum Gasteiger partial charge on any atom is 0.280 e. The molecule has 3 N–H and O–H groups in total. The topological polar surface area (TPSA) is 148 Å². The lowest BCUT2D eigenvalue weighted by atomic mass is 10.1. The average molecular weight is 518 g/mol. The number of aromatic nitrogens is 5. The van der Waals surface area contributed by atoms with Crippen LogP contribution in [0.4, 0.5) is 5.69 Å². The normalized spacial score (nSPS) is 11.1. The zero-order valence-corrected chi connectivity index (χ0v) is 21.1. The number of carbonyl (C=O) groups excluding carboxylic acids is 2. The van der Waals surface area contributed by atoms with Crippen LogP contribution in [0, 0.1) is 20.8 Å². The largest absolute Gasteiger partial charge is 0.395 e. The van der Waals surface area contributed by atoms with Crippen molar-refractivity contribution >= 4 is 34.5 Å². The zero-order chi connectivity index (χ0) is 26.1. The Labute approximate surface area is 215 Å². The highest BCUT2D eigenvalue weighted by Gasteiger charge is 2.19. The Morgan fingerprint density at radius 3 is 2.65 bits per heavy atom. The van der Waals surface area contributed by atoms with E-state index in [-0.39, 0.29) is 25.0 Å². The predicted octanol–water partition coefficient (Wildman–Crippen LogP) is 3.41. The van der Waals surface area contributed by atoms with Gasteiger partial charge < -0.3 is 20.3 Å². The summed E-state index contributed by atoms with van der Waals surface area (Å²) in [4.78, 5) is 39.4.